The third kappa shape index (κ3) is 3.58. The number of benzene rings is 2. The number of carbonyl (C=O) groups excluding carboxylic acids is 1. The van der Waals surface area contributed by atoms with Gasteiger partial charge in [0.1, 0.15) is 23.1 Å². The van der Waals surface area contributed by atoms with E-state index in [0.717, 1.165) is 16.0 Å². The van der Waals surface area contributed by atoms with Gasteiger partial charge >= 0.3 is 5.97 Å². The molecule has 0 saturated carbocycles. The number of furan rings is 1. The molecule has 1 atom stereocenters. The Morgan fingerprint density at radius 3 is 2.66 bits per heavy atom. The van der Waals surface area contributed by atoms with Crippen LogP contribution in [0.4, 0.5) is 0 Å². The van der Waals surface area contributed by atoms with Gasteiger partial charge in [0.05, 0.1) is 12.2 Å². The van der Waals surface area contributed by atoms with Crippen LogP contribution in [0.5, 0.6) is 11.5 Å². The van der Waals surface area contributed by atoms with E-state index in [4.69, 9.17) is 19.6 Å². The molecular weight excluding hydrogens is 388 g/mol. The maximum absolute atomic E-state index is 12.1. The molecule has 0 spiro atoms. The van der Waals surface area contributed by atoms with Gasteiger partial charge in [-0.05, 0) is 42.2 Å². The molecule has 4 rings (SSSR count). The summed E-state index contributed by atoms with van der Waals surface area (Å²) in [6.45, 7) is 0. The minimum Gasteiger partial charge on any atom is -0.457 e. The van der Waals surface area contributed by atoms with Crippen molar-refractivity contribution in [3.63, 3.8) is 0 Å². The Bertz CT molecular complexity index is 1130. The summed E-state index contributed by atoms with van der Waals surface area (Å²) in [6, 6.07) is 18.2. The van der Waals surface area contributed by atoms with E-state index in [1.165, 1.54) is 12.3 Å². The lowest BCUT2D eigenvalue weighted by Crippen LogP contribution is -2.21. The lowest BCUT2D eigenvalue weighted by Gasteiger charge is -2.26. The smallest absolute Gasteiger partial charge is 0.379 e. The predicted octanol–water partition coefficient (Wildman–Crippen LogP) is 4.44. The largest absolute Gasteiger partial charge is 0.457 e. The van der Waals surface area contributed by atoms with Crippen LogP contribution in [0, 0.1) is 11.3 Å². The molecule has 3 aromatic rings. The molecule has 2 heterocycles. The Morgan fingerprint density at radius 2 is 2.00 bits per heavy atom. The van der Waals surface area contributed by atoms with E-state index >= 15 is 0 Å². The van der Waals surface area contributed by atoms with Gasteiger partial charge in [-0.1, -0.05) is 18.2 Å². The minimum absolute atomic E-state index is 0.0356. The molecule has 0 bridgehead atoms. The van der Waals surface area contributed by atoms with Crippen LogP contribution >= 0.6 is 11.8 Å². The van der Waals surface area contributed by atoms with Gasteiger partial charge < -0.3 is 19.6 Å². The lowest BCUT2D eigenvalue weighted by atomic mass is 9.83. The molecule has 144 valence electrons. The fraction of sp³-hybridized carbons (Fsp3) is 0.0909. The summed E-state index contributed by atoms with van der Waals surface area (Å²) in [5.41, 5.74) is 8.06. The van der Waals surface area contributed by atoms with Crippen LogP contribution in [0.25, 0.3) is 0 Å². The van der Waals surface area contributed by atoms with Crippen LogP contribution < -0.4 is 15.2 Å². The van der Waals surface area contributed by atoms with Gasteiger partial charge in [0.25, 0.3) is 0 Å². The standard InChI is InChI=1S/C22H16N2O4S/c1-29-15-7-4-13(5-8-15)20-16-9-6-14(27-22(25)18-3-2-10-26-18)11-19(16)28-21(24)17(20)12-23/h2-11,20H,24H2,1H3/t20-/m1/s1. The van der Waals surface area contributed by atoms with Crippen molar-refractivity contribution >= 4 is 17.7 Å². The van der Waals surface area contributed by atoms with Crippen molar-refractivity contribution in [2.45, 2.75) is 10.8 Å². The van der Waals surface area contributed by atoms with Crippen molar-refractivity contribution in [3.8, 4) is 17.6 Å². The summed E-state index contributed by atoms with van der Waals surface area (Å²) in [6.07, 6.45) is 3.40. The maximum atomic E-state index is 12.1. The zero-order valence-corrected chi connectivity index (χ0v) is 16.2. The normalized spacial score (nSPS) is 15.2. The highest BCUT2D eigenvalue weighted by atomic mass is 32.2. The Kier molecular flexibility index (Phi) is 5.02. The van der Waals surface area contributed by atoms with Crippen molar-refractivity contribution in [1.82, 2.24) is 0 Å². The van der Waals surface area contributed by atoms with E-state index in [1.54, 1.807) is 36.0 Å². The first-order valence-corrected chi connectivity index (χ1v) is 9.94. The molecule has 0 aliphatic carbocycles. The van der Waals surface area contributed by atoms with E-state index in [9.17, 15) is 10.1 Å². The summed E-state index contributed by atoms with van der Waals surface area (Å²) >= 11 is 1.64. The van der Waals surface area contributed by atoms with E-state index < -0.39 is 5.97 Å². The number of rotatable bonds is 4. The molecule has 1 aliphatic heterocycles. The molecule has 0 radical (unpaired) electrons. The number of nitrogens with zero attached hydrogens (tertiary/aromatic N) is 1. The van der Waals surface area contributed by atoms with Crippen molar-refractivity contribution in [3.05, 3.63) is 89.2 Å². The number of ether oxygens (including phenoxy) is 2. The number of fused-ring (bicyclic) bond motifs is 1. The molecule has 2 aromatic carbocycles. The minimum atomic E-state index is -0.615. The Balaban J connectivity index is 1.70. The Morgan fingerprint density at radius 1 is 1.21 bits per heavy atom. The van der Waals surface area contributed by atoms with Gasteiger partial charge in [0, 0.05) is 16.5 Å². The number of carbonyl (C=O) groups is 1. The second kappa shape index (κ2) is 7.78. The summed E-state index contributed by atoms with van der Waals surface area (Å²) in [4.78, 5) is 13.2. The summed E-state index contributed by atoms with van der Waals surface area (Å²) in [5.74, 6) is -0.124. The summed E-state index contributed by atoms with van der Waals surface area (Å²) in [5, 5.41) is 9.65. The molecule has 1 aromatic heterocycles. The van der Waals surface area contributed by atoms with Gasteiger partial charge in [-0.2, -0.15) is 5.26 Å². The van der Waals surface area contributed by atoms with Crippen molar-refractivity contribution < 1.29 is 18.7 Å². The van der Waals surface area contributed by atoms with Crippen LogP contribution in [0.2, 0.25) is 0 Å². The van der Waals surface area contributed by atoms with Crippen LogP contribution in [-0.4, -0.2) is 12.2 Å². The zero-order valence-electron chi connectivity index (χ0n) is 15.4. The highest BCUT2D eigenvalue weighted by Crippen LogP contribution is 2.43. The van der Waals surface area contributed by atoms with Gasteiger partial charge in [0.2, 0.25) is 11.6 Å². The van der Waals surface area contributed by atoms with Crippen LogP contribution in [0.1, 0.15) is 27.6 Å². The average molecular weight is 404 g/mol. The lowest BCUT2D eigenvalue weighted by molar-refractivity contribution is 0.0701. The van der Waals surface area contributed by atoms with Crippen LogP contribution in [0.3, 0.4) is 0 Å². The van der Waals surface area contributed by atoms with E-state index in [1.807, 2.05) is 30.5 Å². The number of nitriles is 1. The second-order valence-electron chi connectivity index (χ2n) is 6.26. The molecule has 0 saturated heterocycles. The first-order valence-electron chi connectivity index (χ1n) is 8.72. The van der Waals surface area contributed by atoms with E-state index in [0.29, 0.717) is 11.3 Å². The third-order valence-corrected chi connectivity index (χ3v) is 5.32. The van der Waals surface area contributed by atoms with Crippen molar-refractivity contribution in [2.75, 3.05) is 6.26 Å². The molecule has 29 heavy (non-hydrogen) atoms. The monoisotopic (exact) mass is 404 g/mol. The highest BCUT2D eigenvalue weighted by Gasteiger charge is 2.31. The summed E-state index contributed by atoms with van der Waals surface area (Å²) in [7, 11) is 0. The molecule has 0 fully saturated rings. The Hall–Kier alpha value is -3.63. The van der Waals surface area contributed by atoms with Gasteiger partial charge in [-0.25, -0.2) is 4.79 Å². The SMILES string of the molecule is CSc1ccc([C@H]2C(C#N)=C(N)Oc3cc(OC(=O)c4ccco4)ccc32)cc1. The van der Waals surface area contributed by atoms with Crippen molar-refractivity contribution in [1.29, 1.82) is 5.26 Å². The topological polar surface area (TPSA) is 98.5 Å². The average Bonchev–Trinajstić information content (AvgIpc) is 3.28. The predicted molar refractivity (Wildman–Crippen MR) is 108 cm³/mol. The fourth-order valence-electron chi connectivity index (χ4n) is 3.19. The summed E-state index contributed by atoms with van der Waals surface area (Å²) < 4.78 is 16.1. The van der Waals surface area contributed by atoms with E-state index in [2.05, 4.69) is 6.07 Å². The number of nitrogens with two attached hydrogens (primary N) is 1. The van der Waals surface area contributed by atoms with Crippen molar-refractivity contribution in [2.24, 2.45) is 5.73 Å². The molecule has 0 unspecified atom stereocenters. The van der Waals surface area contributed by atoms with Gasteiger partial charge in [-0.3, -0.25) is 0 Å². The molecule has 2 N–H and O–H groups in total. The van der Waals surface area contributed by atoms with Crippen LogP contribution in [-0.2, 0) is 0 Å². The molecular formula is C22H16N2O4S. The van der Waals surface area contributed by atoms with Crippen LogP contribution in [0.15, 0.2) is 81.6 Å². The molecule has 0 amide bonds. The number of esters is 1. The maximum Gasteiger partial charge on any atom is 0.379 e. The molecule has 7 heteroatoms. The third-order valence-electron chi connectivity index (χ3n) is 4.57. The quantitative estimate of drug-likeness (QED) is 0.390. The first-order chi connectivity index (χ1) is 14.1. The van der Waals surface area contributed by atoms with E-state index in [-0.39, 0.29) is 23.3 Å². The molecule has 6 nitrogen and oxygen atoms in total. The first kappa shape index (κ1) is 18.7. The Labute approximate surface area is 171 Å². The van der Waals surface area contributed by atoms with Gasteiger partial charge in [-0.15, -0.1) is 11.8 Å². The van der Waals surface area contributed by atoms with Gasteiger partial charge in [0.15, 0.2) is 0 Å². The molecule has 1 aliphatic rings. The highest BCUT2D eigenvalue weighted by molar-refractivity contribution is 7.98. The number of hydrogen-bond donors (Lipinski definition) is 1. The fourth-order valence-corrected chi connectivity index (χ4v) is 3.60. The number of hydrogen-bond acceptors (Lipinski definition) is 7. The number of thioether (sulfide) groups is 1. The number of allylic oxidation sites excluding steroid dienone is 1. The zero-order chi connectivity index (χ0) is 20.4. The second-order valence-corrected chi connectivity index (χ2v) is 7.14.